The average molecular weight is 178 g/mol. The molecule has 0 spiro atoms. The Hall–Kier alpha value is -1.58. The predicted molar refractivity (Wildman–Crippen MR) is 46.2 cm³/mol. The molecule has 0 radical (unpaired) electrons. The minimum absolute atomic E-state index is 0.0193. The van der Waals surface area contributed by atoms with Crippen LogP contribution in [0.2, 0.25) is 0 Å². The Kier molecular flexibility index (Phi) is 1.88. The van der Waals surface area contributed by atoms with Gasteiger partial charge in [-0.05, 0) is 24.6 Å². The van der Waals surface area contributed by atoms with E-state index in [1.165, 1.54) is 0 Å². The second-order valence-corrected chi connectivity index (χ2v) is 3.03. The van der Waals surface area contributed by atoms with E-state index in [-0.39, 0.29) is 12.1 Å². The van der Waals surface area contributed by atoms with Crippen LogP contribution in [0, 0.1) is 6.92 Å². The first-order chi connectivity index (χ1) is 6.25. The van der Waals surface area contributed by atoms with Crippen LogP contribution in [0.4, 0.5) is 4.79 Å². The van der Waals surface area contributed by atoms with Gasteiger partial charge < -0.3 is 10.1 Å². The third-order valence-electron chi connectivity index (χ3n) is 2.00. The smallest absolute Gasteiger partial charge is 0.407 e. The second kappa shape index (κ2) is 3.05. The summed E-state index contributed by atoms with van der Waals surface area (Å²) in [5.74, 6) is 0. The van der Waals surface area contributed by atoms with Crippen molar-refractivity contribution in [2.75, 3.05) is 6.61 Å². The van der Waals surface area contributed by atoms with Crippen LogP contribution in [0.15, 0.2) is 18.3 Å². The lowest BCUT2D eigenvalue weighted by Crippen LogP contribution is -2.18. The molecular formula is C9H10N2O2. The lowest BCUT2D eigenvalue weighted by Gasteiger charge is -2.06. The molecule has 1 aromatic heterocycles. The Morgan fingerprint density at radius 3 is 3.15 bits per heavy atom. The van der Waals surface area contributed by atoms with Crippen LogP contribution in [0.1, 0.15) is 17.3 Å². The number of aryl methyl sites for hydroxylation is 1. The zero-order valence-corrected chi connectivity index (χ0v) is 7.28. The Labute approximate surface area is 75.9 Å². The highest BCUT2D eigenvalue weighted by Gasteiger charge is 2.23. The SMILES string of the molecule is Cc1cc(C2COC(=O)N2)ccn1. The maximum atomic E-state index is 10.8. The molecule has 4 heteroatoms. The van der Waals surface area contributed by atoms with E-state index in [1.54, 1.807) is 6.20 Å². The molecule has 0 aliphatic carbocycles. The molecule has 1 aliphatic heterocycles. The van der Waals surface area contributed by atoms with Gasteiger partial charge in [0.05, 0.1) is 6.04 Å². The van der Waals surface area contributed by atoms with E-state index in [4.69, 9.17) is 4.74 Å². The van der Waals surface area contributed by atoms with Crippen molar-refractivity contribution >= 4 is 6.09 Å². The number of amides is 1. The number of hydrogen-bond donors (Lipinski definition) is 1. The summed E-state index contributed by atoms with van der Waals surface area (Å²) in [5, 5.41) is 2.71. The highest BCUT2D eigenvalue weighted by atomic mass is 16.6. The van der Waals surface area contributed by atoms with Crippen LogP contribution in [-0.2, 0) is 4.74 Å². The molecule has 0 aromatic carbocycles. The minimum atomic E-state index is -0.348. The molecule has 1 aromatic rings. The van der Waals surface area contributed by atoms with E-state index in [9.17, 15) is 4.79 Å². The molecule has 2 heterocycles. The van der Waals surface area contributed by atoms with Gasteiger partial charge in [0.15, 0.2) is 0 Å². The second-order valence-electron chi connectivity index (χ2n) is 3.03. The Balaban J connectivity index is 2.21. The van der Waals surface area contributed by atoms with Gasteiger partial charge in [0.25, 0.3) is 0 Å². The predicted octanol–water partition coefficient (Wildman–Crippen LogP) is 1.17. The fraction of sp³-hybridized carbons (Fsp3) is 0.333. The largest absolute Gasteiger partial charge is 0.447 e. The fourth-order valence-electron chi connectivity index (χ4n) is 1.35. The molecule has 68 valence electrons. The van der Waals surface area contributed by atoms with Crippen molar-refractivity contribution in [2.45, 2.75) is 13.0 Å². The van der Waals surface area contributed by atoms with Crippen LogP contribution in [0.5, 0.6) is 0 Å². The van der Waals surface area contributed by atoms with Gasteiger partial charge in [0.1, 0.15) is 6.61 Å². The van der Waals surface area contributed by atoms with Crippen molar-refractivity contribution in [1.29, 1.82) is 0 Å². The van der Waals surface area contributed by atoms with Gasteiger partial charge in [-0.3, -0.25) is 4.98 Å². The van der Waals surface area contributed by atoms with Gasteiger partial charge in [0.2, 0.25) is 0 Å². The van der Waals surface area contributed by atoms with Crippen molar-refractivity contribution in [3.05, 3.63) is 29.6 Å². The standard InChI is InChI=1S/C9H10N2O2/c1-6-4-7(2-3-10-6)8-5-13-9(12)11-8/h2-4,8H,5H2,1H3,(H,11,12). The van der Waals surface area contributed by atoms with Gasteiger partial charge in [-0.15, -0.1) is 0 Å². The van der Waals surface area contributed by atoms with Crippen molar-refractivity contribution < 1.29 is 9.53 Å². The molecule has 13 heavy (non-hydrogen) atoms. The molecule has 1 amide bonds. The van der Waals surface area contributed by atoms with E-state index in [1.807, 2.05) is 19.1 Å². The first-order valence-electron chi connectivity index (χ1n) is 4.11. The molecule has 1 fully saturated rings. The number of nitrogens with zero attached hydrogens (tertiary/aromatic N) is 1. The van der Waals surface area contributed by atoms with Crippen LogP contribution in [-0.4, -0.2) is 17.7 Å². The van der Waals surface area contributed by atoms with E-state index >= 15 is 0 Å². The number of rotatable bonds is 1. The van der Waals surface area contributed by atoms with E-state index in [0.29, 0.717) is 6.61 Å². The van der Waals surface area contributed by atoms with Gasteiger partial charge in [-0.25, -0.2) is 4.79 Å². The number of carbonyl (C=O) groups is 1. The summed E-state index contributed by atoms with van der Waals surface area (Å²) < 4.78 is 4.79. The Bertz CT molecular complexity index is 338. The average Bonchev–Trinajstić information content (AvgIpc) is 2.52. The van der Waals surface area contributed by atoms with E-state index in [0.717, 1.165) is 11.3 Å². The zero-order chi connectivity index (χ0) is 9.26. The molecule has 2 rings (SSSR count). The van der Waals surface area contributed by atoms with E-state index in [2.05, 4.69) is 10.3 Å². The number of carbonyl (C=O) groups excluding carboxylic acids is 1. The quantitative estimate of drug-likeness (QED) is 0.702. The summed E-state index contributed by atoms with van der Waals surface area (Å²) in [6.07, 6.45) is 1.38. The number of ether oxygens (including phenoxy) is 1. The van der Waals surface area contributed by atoms with Crippen LogP contribution in [0.3, 0.4) is 0 Å². The van der Waals surface area contributed by atoms with Crippen LogP contribution in [0.25, 0.3) is 0 Å². The maximum Gasteiger partial charge on any atom is 0.407 e. The molecular weight excluding hydrogens is 168 g/mol. The topological polar surface area (TPSA) is 51.2 Å². The first kappa shape index (κ1) is 8.04. The molecule has 1 unspecified atom stereocenters. The summed E-state index contributed by atoms with van der Waals surface area (Å²) in [4.78, 5) is 14.8. The van der Waals surface area contributed by atoms with Crippen molar-refractivity contribution in [3.8, 4) is 0 Å². The minimum Gasteiger partial charge on any atom is -0.447 e. The third-order valence-corrected chi connectivity index (χ3v) is 2.00. The van der Waals surface area contributed by atoms with Crippen LogP contribution >= 0.6 is 0 Å². The number of alkyl carbamates (subject to hydrolysis) is 1. The van der Waals surface area contributed by atoms with Crippen molar-refractivity contribution in [1.82, 2.24) is 10.3 Å². The Morgan fingerprint density at radius 1 is 1.69 bits per heavy atom. The molecule has 0 bridgehead atoms. The maximum absolute atomic E-state index is 10.8. The first-order valence-corrected chi connectivity index (χ1v) is 4.11. The molecule has 1 saturated heterocycles. The van der Waals surface area contributed by atoms with Crippen LogP contribution < -0.4 is 5.32 Å². The fourth-order valence-corrected chi connectivity index (χ4v) is 1.35. The zero-order valence-electron chi connectivity index (χ0n) is 7.28. The lowest BCUT2D eigenvalue weighted by atomic mass is 10.1. The molecule has 1 N–H and O–H groups in total. The van der Waals surface area contributed by atoms with Gasteiger partial charge in [0, 0.05) is 11.9 Å². The molecule has 0 saturated carbocycles. The number of hydrogen-bond acceptors (Lipinski definition) is 3. The summed E-state index contributed by atoms with van der Waals surface area (Å²) in [7, 11) is 0. The summed E-state index contributed by atoms with van der Waals surface area (Å²) in [6, 6.07) is 3.81. The highest BCUT2D eigenvalue weighted by Crippen LogP contribution is 2.17. The molecule has 1 aliphatic rings. The monoisotopic (exact) mass is 178 g/mol. The van der Waals surface area contributed by atoms with E-state index < -0.39 is 0 Å². The number of aromatic nitrogens is 1. The third kappa shape index (κ3) is 1.61. The van der Waals surface area contributed by atoms with Gasteiger partial charge in [-0.2, -0.15) is 0 Å². The Morgan fingerprint density at radius 2 is 2.54 bits per heavy atom. The number of cyclic esters (lactones) is 1. The van der Waals surface area contributed by atoms with Gasteiger partial charge in [-0.1, -0.05) is 0 Å². The number of nitrogens with one attached hydrogen (secondary N) is 1. The highest BCUT2D eigenvalue weighted by molar-refractivity contribution is 5.70. The summed E-state index contributed by atoms with van der Waals surface area (Å²) in [6.45, 7) is 2.32. The normalized spacial score (nSPS) is 21.0. The number of pyridine rings is 1. The lowest BCUT2D eigenvalue weighted by molar-refractivity contribution is 0.177. The van der Waals surface area contributed by atoms with Gasteiger partial charge >= 0.3 is 6.09 Å². The summed E-state index contributed by atoms with van der Waals surface area (Å²) in [5.41, 5.74) is 1.98. The van der Waals surface area contributed by atoms with Crippen molar-refractivity contribution in [2.24, 2.45) is 0 Å². The molecule has 1 atom stereocenters. The van der Waals surface area contributed by atoms with Crippen molar-refractivity contribution in [3.63, 3.8) is 0 Å². The molecule has 4 nitrogen and oxygen atoms in total. The summed E-state index contributed by atoms with van der Waals surface area (Å²) >= 11 is 0.